The summed E-state index contributed by atoms with van der Waals surface area (Å²) in [7, 11) is 1.73. The van der Waals surface area contributed by atoms with Crippen LogP contribution in [-0.4, -0.2) is 15.7 Å². The third-order valence-electron chi connectivity index (χ3n) is 3.08. The zero-order valence-corrected chi connectivity index (χ0v) is 12.1. The highest BCUT2D eigenvalue weighted by Gasteiger charge is 2.21. The molecule has 6 heteroatoms. The molecule has 0 spiro atoms. The predicted molar refractivity (Wildman–Crippen MR) is 77.2 cm³/mol. The van der Waals surface area contributed by atoms with Gasteiger partial charge in [0.1, 0.15) is 5.69 Å². The molecular formula is C13H18N4OS. The molecule has 5 nitrogen and oxygen atoms in total. The van der Waals surface area contributed by atoms with Crippen LogP contribution in [0, 0.1) is 6.92 Å². The maximum Gasteiger partial charge on any atom is 0.272 e. The number of nitrogens with two attached hydrogens (primary N) is 1. The second-order valence-electron chi connectivity index (χ2n) is 4.42. The fraction of sp³-hybridized carbons (Fsp3) is 0.385. The van der Waals surface area contributed by atoms with Crippen LogP contribution in [0.2, 0.25) is 0 Å². The van der Waals surface area contributed by atoms with E-state index in [0.717, 1.165) is 11.3 Å². The Balaban J connectivity index is 2.21. The van der Waals surface area contributed by atoms with E-state index in [1.165, 1.54) is 4.68 Å². The lowest BCUT2D eigenvalue weighted by Crippen LogP contribution is -2.29. The predicted octanol–water partition coefficient (Wildman–Crippen LogP) is 2.25. The molecule has 2 aromatic heterocycles. The minimum Gasteiger partial charge on any atom is -0.395 e. The number of carbonyl (C=O) groups excluding carboxylic acids is 1. The highest BCUT2D eigenvalue weighted by Crippen LogP contribution is 2.23. The zero-order chi connectivity index (χ0) is 14.0. The summed E-state index contributed by atoms with van der Waals surface area (Å²) in [5, 5.41) is 9.18. The van der Waals surface area contributed by atoms with E-state index in [9.17, 15) is 4.79 Å². The minimum atomic E-state index is -0.180. The fourth-order valence-corrected chi connectivity index (χ4v) is 2.90. The SMILES string of the molecule is CCC(NC(=O)c1c(N)c(C)nn1C)c1cccs1. The van der Waals surface area contributed by atoms with Gasteiger partial charge >= 0.3 is 0 Å². The molecule has 0 aliphatic heterocycles. The van der Waals surface area contributed by atoms with Gasteiger partial charge in [-0.1, -0.05) is 13.0 Å². The first-order valence-corrected chi connectivity index (χ1v) is 7.05. The van der Waals surface area contributed by atoms with Gasteiger partial charge in [0.05, 0.1) is 17.4 Å². The summed E-state index contributed by atoms with van der Waals surface area (Å²) >= 11 is 1.64. The Kier molecular flexibility index (Phi) is 3.90. The average molecular weight is 278 g/mol. The number of thiophene rings is 1. The normalized spacial score (nSPS) is 12.4. The highest BCUT2D eigenvalue weighted by atomic mass is 32.1. The van der Waals surface area contributed by atoms with Gasteiger partial charge in [0.2, 0.25) is 0 Å². The van der Waals surface area contributed by atoms with Gasteiger partial charge in [-0.05, 0) is 24.8 Å². The van der Waals surface area contributed by atoms with Crippen LogP contribution in [0.3, 0.4) is 0 Å². The first kappa shape index (κ1) is 13.6. The molecule has 19 heavy (non-hydrogen) atoms. The Labute approximate surface area is 116 Å². The van der Waals surface area contributed by atoms with Crippen molar-refractivity contribution in [1.82, 2.24) is 15.1 Å². The van der Waals surface area contributed by atoms with Gasteiger partial charge in [0.15, 0.2) is 0 Å². The van der Waals surface area contributed by atoms with Crippen molar-refractivity contribution in [2.75, 3.05) is 5.73 Å². The van der Waals surface area contributed by atoms with E-state index >= 15 is 0 Å². The van der Waals surface area contributed by atoms with E-state index in [4.69, 9.17) is 5.73 Å². The molecule has 1 amide bonds. The third kappa shape index (κ3) is 2.63. The molecule has 102 valence electrons. The Bertz CT molecular complexity index is 574. The summed E-state index contributed by atoms with van der Waals surface area (Å²) in [6.07, 6.45) is 0.836. The van der Waals surface area contributed by atoms with Gasteiger partial charge in [-0.2, -0.15) is 5.10 Å². The van der Waals surface area contributed by atoms with Crippen molar-refractivity contribution in [3.63, 3.8) is 0 Å². The van der Waals surface area contributed by atoms with Crippen LogP contribution in [0.25, 0.3) is 0 Å². The average Bonchev–Trinajstić information content (AvgIpc) is 2.96. The number of aromatic nitrogens is 2. The summed E-state index contributed by atoms with van der Waals surface area (Å²) < 4.78 is 1.53. The number of nitrogens with one attached hydrogen (secondary N) is 1. The number of anilines is 1. The van der Waals surface area contributed by atoms with Crippen LogP contribution >= 0.6 is 11.3 Å². The van der Waals surface area contributed by atoms with Crippen molar-refractivity contribution < 1.29 is 4.79 Å². The molecule has 0 aliphatic carbocycles. The first-order chi connectivity index (χ1) is 9.04. The van der Waals surface area contributed by atoms with Crippen molar-refractivity contribution in [2.24, 2.45) is 7.05 Å². The van der Waals surface area contributed by atoms with E-state index in [2.05, 4.69) is 10.4 Å². The molecule has 1 atom stereocenters. The van der Waals surface area contributed by atoms with Crippen molar-refractivity contribution in [1.29, 1.82) is 0 Å². The molecule has 2 aromatic rings. The van der Waals surface area contributed by atoms with E-state index in [1.54, 1.807) is 25.3 Å². The second kappa shape index (κ2) is 5.44. The number of hydrogen-bond acceptors (Lipinski definition) is 4. The number of hydrogen-bond donors (Lipinski definition) is 2. The number of aryl methyl sites for hydroxylation is 2. The number of carbonyl (C=O) groups is 1. The Hall–Kier alpha value is -1.82. The van der Waals surface area contributed by atoms with Crippen LogP contribution in [0.4, 0.5) is 5.69 Å². The quantitative estimate of drug-likeness (QED) is 0.901. The van der Waals surface area contributed by atoms with Crippen LogP contribution in [0.15, 0.2) is 17.5 Å². The van der Waals surface area contributed by atoms with Gasteiger partial charge in [0.25, 0.3) is 5.91 Å². The Morgan fingerprint density at radius 1 is 1.63 bits per heavy atom. The van der Waals surface area contributed by atoms with Crippen LogP contribution in [0.5, 0.6) is 0 Å². The Morgan fingerprint density at radius 3 is 2.84 bits per heavy atom. The third-order valence-corrected chi connectivity index (χ3v) is 4.07. The molecule has 0 fully saturated rings. The largest absolute Gasteiger partial charge is 0.395 e. The number of amides is 1. The standard InChI is InChI=1S/C13H18N4OS/c1-4-9(10-6-5-7-19-10)15-13(18)12-11(14)8(2)16-17(12)3/h5-7,9H,4,14H2,1-3H3,(H,15,18). The van der Waals surface area contributed by atoms with Gasteiger partial charge in [-0.25, -0.2) is 0 Å². The monoisotopic (exact) mass is 278 g/mol. The van der Waals surface area contributed by atoms with E-state index in [-0.39, 0.29) is 11.9 Å². The molecule has 2 heterocycles. The summed E-state index contributed by atoms with van der Waals surface area (Å²) in [5.74, 6) is -0.180. The van der Waals surface area contributed by atoms with Crippen molar-refractivity contribution >= 4 is 22.9 Å². The molecule has 1 unspecified atom stereocenters. The molecule has 2 rings (SSSR count). The molecule has 0 bridgehead atoms. The summed E-state index contributed by atoms with van der Waals surface area (Å²) in [5.41, 5.74) is 7.45. The topological polar surface area (TPSA) is 72.9 Å². The number of nitrogen functional groups attached to an aromatic ring is 1. The van der Waals surface area contributed by atoms with E-state index in [0.29, 0.717) is 17.1 Å². The lowest BCUT2D eigenvalue weighted by Gasteiger charge is -2.15. The molecule has 0 saturated heterocycles. The molecular weight excluding hydrogens is 260 g/mol. The molecule has 3 N–H and O–H groups in total. The molecule has 0 aliphatic rings. The minimum absolute atomic E-state index is 0.0158. The van der Waals surface area contributed by atoms with Gasteiger partial charge in [0, 0.05) is 11.9 Å². The lowest BCUT2D eigenvalue weighted by molar-refractivity contribution is 0.0927. The van der Waals surface area contributed by atoms with Crippen molar-refractivity contribution in [2.45, 2.75) is 26.3 Å². The second-order valence-corrected chi connectivity index (χ2v) is 5.40. The fourth-order valence-electron chi connectivity index (χ4n) is 2.03. The van der Waals surface area contributed by atoms with Crippen molar-refractivity contribution in [3.05, 3.63) is 33.8 Å². The van der Waals surface area contributed by atoms with E-state index in [1.807, 2.05) is 24.4 Å². The highest BCUT2D eigenvalue weighted by molar-refractivity contribution is 7.10. The van der Waals surface area contributed by atoms with Crippen molar-refractivity contribution in [3.8, 4) is 0 Å². The first-order valence-electron chi connectivity index (χ1n) is 6.18. The maximum absolute atomic E-state index is 12.3. The summed E-state index contributed by atoms with van der Waals surface area (Å²) in [6.45, 7) is 3.84. The summed E-state index contributed by atoms with van der Waals surface area (Å²) in [6, 6.07) is 4.02. The van der Waals surface area contributed by atoms with Gasteiger partial charge in [-0.3, -0.25) is 9.48 Å². The zero-order valence-electron chi connectivity index (χ0n) is 11.3. The van der Waals surface area contributed by atoms with Crippen LogP contribution in [0.1, 0.15) is 40.4 Å². The lowest BCUT2D eigenvalue weighted by atomic mass is 10.1. The number of nitrogens with zero attached hydrogens (tertiary/aromatic N) is 2. The number of rotatable bonds is 4. The van der Waals surface area contributed by atoms with E-state index < -0.39 is 0 Å². The van der Waals surface area contributed by atoms with Crippen LogP contribution in [-0.2, 0) is 7.05 Å². The summed E-state index contributed by atoms with van der Waals surface area (Å²) in [4.78, 5) is 13.5. The van der Waals surface area contributed by atoms with Crippen LogP contribution < -0.4 is 11.1 Å². The smallest absolute Gasteiger partial charge is 0.272 e. The Morgan fingerprint density at radius 2 is 2.37 bits per heavy atom. The van der Waals surface area contributed by atoms with Gasteiger partial charge < -0.3 is 11.1 Å². The maximum atomic E-state index is 12.3. The molecule has 0 radical (unpaired) electrons. The molecule has 0 aromatic carbocycles. The van der Waals surface area contributed by atoms with Gasteiger partial charge in [-0.15, -0.1) is 11.3 Å². The molecule has 0 saturated carbocycles.